The molecule has 5 heteroatoms. The predicted molar refractivity (Wildman–Crippen MR) is 77.5 cm³/mol. The number of nitrogens with zero attached hydrogens (tertiary/aromatic N) is 2. The van der Waals surface area contributed by atoms with Gasteiger partial charge < -0.3 is 15.2 Å². The second kappa shape index (κ2) is 6.50. The summed E-state index contributed by atoms with van der Waals surface area (Å²) in [5.41, 5.74) is 0.427. The van der Waals surface area contributed by atoms with Gasteiger partial charge in [0.1, 0.15) is 5.82 Å². The number of rotatable bonds is 8. The van der Waals surface area contributed by atoms with Gasteiger partial charge in [-0.3, -0.25) is 0 Å². The van der Waals surface area contributed by atoms with E-state index in [-0.39, 0.29) is 18.8 Å². The van der Waals surface area contributed by atoms with Gasteiger partial charge in [0.15, 0.2) is 5.75 Å². The third-order valence-corrected chi connectivity index (χ3v) is 3.67. The highest BCUT2D eigenvalue weighted by atomic mass is 16.5. The summed E-state index contributed by atoms with van der Waals surface area (Å²) >= 11 is 0. The molecule has 1 atom stereocenters. The molecule has 1 fully saturated rings. The normalized spacial score (nSPS) is 18.1. The molecule has 1 saturated carbocycles. The lowest BCUT2D eigenvalue weighted by atomic mass is 10.00. The maximum atomic E-state index is 9.42. The summed E-state index contributed by atoms with van der Waals surface area (Å²) in [6, 6.07) is 0.123. The summed E-state index contributed by atoms with van der Waals surface area (Å²) < 4.78 is 5.50. The quantitative estimate of drug-likeness (QED) is 0.761. The van der Waals surface area contributed by atoms with E-state index in [1.807, 2.05) is 13.8 Å². The van der Waals surface area contributed by atoms with Crippen molar-refractivity contribution in [3.63, 3.8) is 0 Å². The molecule has 1 aliphatic carbocycles. The topological polar surface area (TPSA) is 67.3 Å². The smallest absolute Gasteiger partial charge is 0.156 e. The van der Waals surface area contributed by atoms with Crippen LogP contribution in [0.15, 0.2) is 12.4 Å². The second-order valence-corrected chi connectivity index (χ2v) is 6.28. The van der Waals surface area contributed by atoms with Crippen LogP contribution in [0, 0.1) is 5.41 Å². The Morgan fingerprint density at radius 3 is 2.50 bits per heavy atom. The number of hydrogen-bond acceptors (Lipinski definition) is 5. The lowest BCUT2D eigenvalue weighted by molar-refractivity contribution is 0.215. The minimum Gasteiger partial charge on any atom is -0.488 e. The average Bonchev–Trinajstić information content (AvgIpc) is 3.13. The summed E-state index contributed by atoms with van der Waals surface area (Å²) in [6.45, 7) is 6.94. The SMILES string of the molecule is CC(C)Oc1cnc(CN[C@@H](CO)CC2(C)CC2)nc1. The molecule has 0 unspecified atom stereocenters. The Morgan fingerprint density at radius 1 is 1.35 bits per heavy atom. The van der Waals surface area contributed by atoms with Crippen LogP contribution in [0.2, 0.25) is 0 Å². The molecule has 0 bridgehead atoms. The number of hydrogen-bond donors (Lipinski definition) is 2. The van der Waals surface area contributed by atoms with Crippen molar-refractivity contribution in [2.24, 2.45) is 5.41 Å². The van der Waals surface area contributed by atoms with Gasteiger partial charge in [0.25, 0.3) is 0 Å². The van der Waals surface area contributed by atoms with Crippen molar-refractivity contribution in [2.45, 2.75) is 58.7 Å². The van der Waals surface area contributed by atoms with Gasteiger partial charge in [0.2, 0.25) is 0 Å². The van der Waals surface area contributed by atoms with E-state index in [1.165, 1.54) is 12.8 Å². The molecule has 1 heterocycles. The van der Waals surface area contributed by atoms with Crippen molar-refractivity contribution < 1.29 is 9.84 Å². The molecular formula is C15H25N3O2. The van der Waals surface area contributed by atoms with Crippen LogP contribution in [0.4, 0.5) is 0 Å². The van der Waals surface area contributed by atoms with Crippen molar-refractivity contribution in [3.05, 3.63) is 18.2 Å². The van der Waals surface area contributed by atoms with E-state index in [1.54, 1.807) is 12.4 Å². The summed E-state index contributed by atoms with van der Waals surface area (Å²) in [4.78, 5) is 8.54. The van der Waals surface area contributed by atoms with Gasteiger partial charge in [-0.1, -0.05) is 6.92 Å². The van der Waals surface area contributed by atoms with Crippen LogP contribution in [-0.4, -0.2) is 33.8 Å². The lowest BCUT2D eigenvalue weighted by Crippen LogP contribution is -2.34. The van der Waals surface area contributed by atoms with E-state index in [4.69, 9.17) is 4.74 Å². The van der Waals surface area contributed by atoms with E-state index in [9.17, 15) is 5.11 Å². The first-order valence-electron chi connectivity index (χ1n) is 7.32. The van der Waals surface area contributed by atoms with E-state index in [0.717, 1.165) is 12.2 Å². The summed E-state index contributed by atoms with van der Waals surface area (Å²) in [6.07, 6.45) is 7.06. The fourth-order valence-corrected chi connectivity index (χ4v) is 2.22. The zero-order valence-corrected chi connectivity index (χ0v) is 12.6. The fraction of sp³-hybridized carbons (Fsp3) is 0.733. The Bertz CT molecular complexity index is 416. The van der Waals surface area contributed by atoms with Crippen LogP contribution in [-0.2, 0) is 6.54 Å². The molecule has 0 amide bonds. The Labute approximate surface area is 120 Å². The molecule has 0 spiro atoms. The van der Waals surface area contributed by atoms with Crippen LogP contribution in [0.1, 0.15) is 45.9 Å². The maximum Gasteiger partial charge on any atom is 0.156 e. The zero-order valence-electron chi connectivity index (χ0n) is 12.6. The highest BCUT2D eigenvalue weighted by Crippen LogP contribution is 2.48. The third-order valence-electron chi connectivity index (χ3n) is 3.67. The van der Waals surface area contributed by atoms with Crippen molar-refractivity contribution in [1.82, 2.24) is 15.3 Å². The first-order chi connectivity index (χ1) is 9.50. The van der Waals surface area contributed by atoms with Crippen LogP contribution in [0.3, 0.4) is 0 Å². The highest BCUT2D eigenvalue weighted by molar-refractivity contribution is 5.12. The number of aromatic nitrogens is 2. The van der Waals surface area contributed by atoms with Gasteiger partial charge in [-0.2, -0.15) is 0 Å². The van der Waals surface area contributed by atoms with E-state index in [2.05, 4.69) is 22.2 Å². The molecule has 0 aromatic carbocycles. The summed E-state index contributed by atoms with van der Waals surface area (Å²) in [7, 11) is 0. The Kier molecular flexibility index (Phi) is 4.94. The maximum absolute atomic E-state index is 9.42. The molecule has 1 aliphatic rings. The standard InChI is InChI=1S/C15H25N3O2/c1-11(2)20-13-7-17-14(18-8-13)9-16-12(10-19)6-15(3)4-5-15/h7-8,11-12,16,19H,4-6,9-10H2,1-3H3/t12-/m1/s1. The predicted octanol–water partition coefficient (Wildman–Crippen LogP) is 1.90. The molecule has 1 aromatic rings. The average molecular weight is 279 g/mol. The Balaban J connectivity index is 1.80. The van der Waals surface area contributed by atoms with Crippen LogP contribution >= 0.6 is 0 Å². The lowest BCUT2D eigenvalue weighted by Gasteiger charge is -2.19. The number of nitrogens with one attached hydrogen (secondary N) is 1. The zero-order chi connectivity index (χ0) is 14.6. The summed E-state index contributed by atoms with van der Waals surface area (Å²) in [5, 5.41) is 12.7. The van der Waals surface area contributed by atoms with E-state index >= 15 is 0 Å². The molecule has 0 saturated heterocycles. The van der Waals surface area contributed by atoms with Crippen molar-refractivity contribution in [2.75, 3.05) is 6.61 Å². The third kappa shape index (κ3) is 4.72. The number of aliphatic hydroxyl groups excluding tert-OH is 1. The van der Waals surface area contributed by atoms with Gasteiger partial charge in [-0.05, 0) is 38.5 Å². The van der Waals surface area contributed by atoms with Crippen LogP contribution < -0.4 is 10.1 Å². The number of aliphatic hydroxyl groups is 1. The molecule has 112 valence electrons. The molecule has 1 aromatic heterocycles. The molecule has 0 radical (unpaired) electrons. The largest absolute Gasteiger partial charge is 0.488 e. The van der Waals surface area contributed by atoms with E-state index < -0.39 is 0 Å². The number of ether oxygens (including phenoxy) is 1. The van der Waals surface area contributed by atoms with Gasteiger partial charge >= 0.3 is 0 Å². The fourth-order valence-electron chi connectivity index (χ4n) is 2.22. The van der Waals surface area contributed by atoms with Crippen molar-refractivity contribution in [3.8, 4) is 5.75 Å². The van der Waals surface area contributed by atoms with E-state index in [0.29, 0.717) is 17.7 Å². The minimum absolute atomic E-state index is 0.123. The van der Waals surface area contributed by atoms with Gasteiger partial charge in [-0.15, -0.1) is 0 Å². The molecular weight excluding hydrogens is 254 g/mol. The van der Waals surface area contributed by atoms with Crippen LogP contribution in [0.5, 0.6) is 5.75 Å². The summed E-state index contributed by atoms with van der Waals surface area (Å²) in [5.74, 6) is 1.41. The first kappa shape index (κ1) is 15.2. The Hall–Kier alpha value is -1.20. The van der Waals surface area contributed by atoms with Gasteiger partial charge in [-0.25, -0.2) is 9.97 Å². The molecule has 0 aliphatic heterocycles. The molecule has 2 rings (SSSR count). The van der Waals surface area contributed by atoms with Crippen molar-refractivity contribution >= 4 is 0 Å². The monoisotopic (exact) mass is 279 g/mol. The first-order valence-corrected chi connectivity index (χ1v) is 7.32. The molecule has 5 nitrogen and oxygen atoms in total. The van der Waals surface area contributed by atoms with Crippen LogP contribution in [0.25, 0.3) is 0 Å². The van der Waals surface area contributed by atoms with Crippen molar-refractivity contribution in [1.29, 1.82) is 0 Å². The minimum atomic E-state index is 0.123. The highest BCUT2D eigenvalue weighted by Gasteiger charge is 2.38. The van der Waals surface area contributed by atoms with Gasteiger partial charge in [0.05, 0.1) is 31.6 Å². The molecule has 2 N–H and O–H groups in total. The second-order valence-electron chi connectivity index (χ2n) is 6.28. The van der Waals surface area contributed by atoms with Gasteiger partial charge in [0, 0.05) is 6.04 Å². The Morgan fingerprint density at radius 2 is 2.00 bits per heavy atom. The molecule has 20 heavy (non-hydrogen) atoms.